The summed E-state index contributed by atoms with van der Waals surface area (Å²) in [6.07, 6.45) is 0. The highest BCUT2D eigenvalue weighted by molar-refractivity contribution is 7.89. The molecule has 0 amide bonds. The van der Waals surface area contributed by atoms with Gasteiger partial charge in [0.25, 0.3) is 5.69 Å². The third-order valence-electron chi connectivity index (χ3n) is 2.04. The van der Waals surface area contributed by atoms with Crippen LogP contribution in [0.2, 0.25) is 0 Å². The van der Waals surface area contributed by atoms with E-state index in [0.717, 1.165) is 12.1 Å². The van der Waals surface area contributed by atoms with Crippen molar-refractivity contribution < 1.29 is 22.8 Å². The van der Waals surface area contributed by atoms with E-state index in [1.54, 1.807) is 0 Å². The summed E-state index contributed by atoms with van der Waals surface area (Å²) in [7, 11) is -4.18. The van der Waals surface area contributed by atoms with Gasteiger partial charge in [-0.3, -0.25) is 10.1 Å². The molecule has 0 saturated carbocycles. The quantitative estimate of drug-likeness (QED) is 0.598. The molecule has 0 saturated heterocycles. The van der Waals surface area contributed by atoms with Gasteiger partial charge in [0.1, 0.15) is 5.82 Å². The van der Waals surface area contributed by atoms with Gasteiger partial charge in [-0.05, 0) is 19.1 Å². The molecular formula is C9H11FN2O5S. The van der Waals surface area contributed by atoms with Crippen LogP contribution in [-0.4, -0.2) is 31.1 Å². The SMILES string of the molecule is C[C@@H](CO)NS(=O)(=O)c1ccc(F)cc1[N+](=O)[O-]. The van der Waals surface area contributed by atoms with Gasteiger partial charge >= 0.3 is 0 Å². The van der Waals surface area contributed by atoms with Crippen LogP contribution in [0.5, 0.6) is 0 Å². The average Bonchev–Trinajstić information content (AvgIpc) is 2.27. The minimum atomic E-state index is -4.18. The minimum Gasteiger partial charge on any atom is -0.395 e. The fourth-order valence-electron chi connectivity index (χ4n) is 1.23. The van der Waals surface area contributed by atoms with Gasteiger partial charge in [-0.2, -0.15) is 0 Å². The van der Waals surface area contributed by atoms with Crippen LogP contribution in [0.3, 0.4) is 0 Å². The van der Waals surface area contributed by atoms with Gasteiger partial charge in [-0.15, -0.1) is 0 Å². The molecule has 0 unspecified atom stereocenters. The molecule has 0 heterocycles. The molecule has 0 fully saturated rings. The molecule has 0 aliphatic heterocycles. The summed E-state index contributed by atoms with van der Waals surface area (Å²) >= 11 is 0. The summed E-state index contributed by atoms with van der Waals surface area (Å²) in [5, 5.41) is 19.4. The van der Waals surface area contributed by atoms with Gasteiger partial charge in [0.2, 0.25) is 10.0 Å². The number of nitro benzene ring substituents is 1. The Kier molecular flexibility index (Phi) is 4.33. The first-order valence-electron chi connectivity index (χ1n) is 4.85. The van der Waals surface area contributed by atoms with Crippen molar-refractivity contribution >= 4 is 15.7 Å². The molecule has 2 N–H and O–H groups in total. The van der Waals surface area contributed by atoms with Gasteiger partial charge in [0, 0.05) is 6.04 Å². The molecule has 18 heavy (non-hydrogen) atoms. The first-order valence-corrected chi connectivity index (χ1v) is 6.33. The lowest BCUT2D eigenvalue weighted by atomic mass is 10.3. The number of sulfonamides is 1. The lowest BCUT2D eigenvalue weighted by Crippen LogP contribution is -2.35. The third kappa shape index (κ3) is 3.22. The number of benzene rings is 1. The molecule has 0 spiro atoms. The first-order chi connectivity index (χ1) is 8.27. The molecule has 0 aromatic heterocycles. The molecule has 1 aromatic carbocycles. The Morgan fingerprint density at radius 3 is 2.67 bits per heavy atom. The van der Waals surface area contributed by atoms with Crippen molar-refractivity contribution in [3.8, 4) is 0 Å². The predicted octanol–water partition coefficient (Wildman–Crippen LogP) is 0.393. The van der Waals surface area contributed by atoms with Crippen LogP contribution < -0.4 is 4.72 Å². The molecule has 1 atom stereocenters. The van der Waals surface area contributed by atoms with Crippen molar-refractivity contribution in [2.45, 2.75) is 17.9 Å². The van der Waals surface area contributed by atoms with Crippen molar-refractivity contribution in [1.29, 1.82) is 0 Å². The Bertz CT molecular complexity index is 560. The number of nitro groups is 1. The Hall–Kier alpha value is -1.58. The summed E-state index contributed by atoms with van der Waals surface area (Å²) in [5.74, 6) is -0.907. The molecule has 1 aromatic rings. The molecule has 1 rings (SSSR count). The standard InChI is InChI=1S/C9H11FN2O5S/c1-6(5-13)11-18(16,17)9-3-2-7(10)4-8(9)12(14)15/h2-4,6,11,13H,5H2,1H3/t6-/m0/s1. The van der Waals surface area contributed by atoms with E-state index in [1.165, 1.54) is 6.92 Å². The highest BCUT2D eigenvalue weighted by Crippen LogP contribution is 2.24. The molecule has 0 aliphatic rings. The number of rotatable bonds is 5. The number of aliphatic hydroxyl groups excluding tert-OH is 1. The number of aliphatic hydroxyl groups is 1. The topological polar surface area (TPSA) is 110 Å². The monoisotopic (exact) mass is 278 g/mol. The first kappa shape index (κ1) is 14.5. The Morgan fingerprint density at radius 2 is 2.17 bits per heavy atom. The van der Waals surface area contributed by atoms with E-state index in [0.29, 0.717) is 6.07 Å². The van der Waals surface area contributed by atoms with E-state index in [-0.39, 0.29) is 0 Å². The van der Waals surface area contributed by atoms with Crippen LogP contribution in [0.15, 0.2) is 23.1 Å². The van der Waals surface area contributed by atoms with E-state index in [1.807, 2.05) is 4.72 Å². The van der Waals surface area contributed by atoms with Crippen LogP contribution in [0, 0.1) is 15.9 Å². The van der Waals surface area contributed by atoms with Crippen molar-refractivity contribution in [2.75, 3.05) is 6.61 Å². The van der Waals surface area contributed by atoms with Crippen LogP contribution in [-0.2, 0) is 10.0 Å². The number of halogens is 1. The highest BCUT2D eigenvalue weighted by Gasteiger charge is 2.27. The van der Waals surface area contributed by atoms with Crippen molar-refractivity contribution in [3.05, 3.63) is 34.1 Å². The number of hydrogen-bond donors (Lipinski definition) is 2. The molecular weight excluding hydrogens is 267 g/mol. The fraction of sp³-hybridized carbons (Fsp3) is 0.333. The molecule has 0 bridgehead atoms. The largest absolute Gasteiger partial charge is 0.395 e. The molecule has 7 nitrogen and oxygen atoms in total. The van der Waals surface area contributed by atoms with Crippen LogP contribution in [0.1, 0.15) is 6.92 Å². The van der Waals surface area contributed by atoms with Crippen molar-refractivity contribution in [2.24, 2.45) is 0 Å². The zero-order chi connectivity index (χ0) is 13.9. The van der Waals surface area contributed by atoms with Crippen LogP contribution in [0.25, 0.3) is 0 Å². The number of nitrogens with zero attached hydrogens (tertiary/aromatic N) is 1. The maximum atomic E-state index is 12.9. The van der Waals surface area contributed by atoms with E-state index < -0.39 is 44.0 Å². The van der Waals surface area contributed by atoms with E-state index in [9.17, 15) is 22.9 Å². The second-order valence-electron chi connectivity index (χ2n) is 3.57. The Balaban J connectivity index is 3.28. The van der Waals surface area contributed by atoms with Gasteiger partial charge in [0.15, 0.2) is 4.90 Å². The highest BCUT2D eigenvalue weighted by atomic mass is 32.2. The molecule has 0 radical (unpaired) electrons. The zero-order valence-corrected chi connectivity index (χ0v) is 10.1. The average molecular weight is 278 g/mol. The van der Waals surface area contributed by atoms with Gasteiger partial charge in [-0.1, -0.05) is 0 Å². The molecule has 0 aliphatic carbocycles. The summed E-state index contributed by atoms with van der Waals surface area (Å²) in [6, 6.07) is 1.34. The summed E-state index contributed by atoms with van der Waals surface area (Å²) in [4.78, 5) is 9.04. The van der Waals surface area contributed by atoms with Gasteiger partial charge < -0.3 is 5.11 Å². The summed E-state index contributed by atoms with van der Waals surface area (Å²) in [5.41, 5.74) is -0.854. The molecule has 100 valence electrons. The smallest absolute Gasteiger partial charge is 0.292 e. The van der Waals surface area contributed by atoms with E-state index in [2.05, 4.69) is 0 Å². The normalized spacial score (nSPS) is 13.3. The Labute approximate surface area is 102 Å². The lowest BCUT2D eigenvalue weighted by Gasteiger charge is -2.11. The van der Waals surface area contributed by atoms with Gasteiger partial charge in [-0.25, -0.2) is 17.5 Å². The zero-order valence-electron chi connectivity index (χ0n) is 9.33. The van der Waals surface area contributed by atoms with Gasteiger partial charge in [0.05, 0.1) is 17.6 Å². The number of nitrogens with one attached hydrogen (secondary N) is 1. The number of hydrogen-bond acceptors (Lipinski definition) is 5. The lowest BCUT2D eigenvalue weighted by molar-refractivity contribution is -0.388. The second kappa shape index (κ2) is 5.38. The minimum absolute atomic E-state index is 0.464. The van der Waals surface area contributed by atoms with E-state index in [4.69, 9.17) is 5.11 Å². The molecule has 9 heteroatoms. The van der Waals surface area contributed by atoms with Crippen LogP contribution in [0.4, 0.5) is 10.1 Å². The summed E-state index contributed by atoms with van der Waals surface area (Å²) < 4.78 is 38.5. The van der Waals surface area contributed by atoms with Crippen molar-refractivity contribution in [3.63, 3.8) is 0 Å². The third-order valence-corrected chi connectivity index (χ3v) is 3.67. The maximum absolute atomic E-state index is 12.9. The second-order valence-corrected chi connectivity index (χ2v) is 5.26. The van der Waals surface area contributed by atoms with Crippen LogP contribution >= 0.6 is 0 Å². The Morgan fingerprint density at radius 1 is 1.56 bits per heavy atom. The maximum Gasteiger partial charge on any atom is 0.292 e. The fourth-order valence-corrected chi connectivity index (χ4v) is 2.61. The van der Waals surface area contributed by atoms with Crippen molar-refractivity contribution in [1.82, 2.24) is 4.72 Å². The van der Waals surface area contributed by atoms with E-state index >= 15 is 0 Å². The summed E-state index contributed by atoms with van der Waals surface area (Å²) in [6.45, 7) is 0.918. The predicted molar refractivity (Wildman–Crippen MR) is 59.9 cm³/mol.